The first kappa shape index (κ1) is 19.8. The van der Waals surface area contributed by atoms with Crippen LogP contribution < -0.4 is 15.5 Å². The number of benzene rings is 2. The molecule has 2 atom stereocenters. The van der Waals surface area contributed by atoms with Gasteiger partial charge >= 0.3 is 0 Å². The lowest BCUT2D eigenvalue weighted by Crippen LogP contribution is -2.45. The Balaban J connectivity index is 1.83. The average Bonchev–Trinajstić information content (AvgIpc) is 2.62. The molecule has 1 aliphatic heterocycles. The lowest BCUT2D eigenvalue weighted by molar-refractivity contribution is -0.114. The summed E-state index contributed by atoms with van der Waals surface area (Å²) in [6, 6.07) is 11.4. The van der Waals surface area contributed by atoms with Crippen molar-refractivity contribution in [2.45, 2.75) is 33.0 Å². The van der Waals surface area contributed by atoms with Gasteiger partial charge < -0.3 is 20.3 Å². The number of rotatable bonds is 4. The number of carbonyl (C=O) groups excluding carboxylic acids is 2. The molecule has 0 unspecified atom stereocenters. The number of hydrogen-bond donors (Lipinski definition) is 2. The minimum atomic E-state index is -0.594. The van der Waals surface area contributed by atoms with Crippen molar-refractivity contribution in [3.8, 4) is 0 Å². The highest BCUT2D eigenvalue weighted by Crippen LogP contribution is 2.29. The van der Waals surface area contributed by atoms with Crippen molar-refractivity contribution >= 4 is 28.9 Å². The summed E-state index contributed by atoms with van der Waals surface area (Å²) in [6.45, 7) is 6.77. The van der Waals surface area contributed by atoms with Gasteiger partial charge in [-0.3, -0.25) is 9.59 Å². The molecule has 2 N–H and O–H groups in total. The zero-order chi connectivity index (χ0) is 20.3. The molecule has 0 bridgehead atoms. The molecule has 1 heterocycles. The standard InChI is InChI=1S/C21H24FN3O3/c1-13-11-25(12-14(2)28-13)20-7-5-4-6-18(20)24-21(27)16-8-9-17(22)19(10-16)23-15(3)26/h4-10,13-14H,11-12H2,1-3H3,(H,23,26)(H,24,27)/t13-,14-/m1/s1. The number of ether oxygens (including phenoxy) is 1. The first-order valence-electron chi connectivity index (χ1n) is 9.21. The predicted octanol–water partition coefficient (Wildman–Crippen LogP) is 3.65. The lowest BCUT2D eigenvalue weighted by atomic mass is 10.1. The van der Waals surface area contributed by atoms with E-state index in [-0.39, 0.29) is 29.4 Å². The van der Waals surface area contributed by atoms with Crippen LogP contribution in [-0.4, -0.2) is 37.1 Å². The molecule has 3 rings (SSSR count). The molecule has 6 nitrogen and oxygen atoms in total. The van der Waals surface area contributed by atoms with Crippen LogP contribution in [-0.2, 0) is 9.53 Å². The van der Waals surface area contributed by atoms with Gasteiger partial charge in [0.2, 0.25) is 5.91 Å². The van der Waals surface area contributed by atoms with Gasteiger partial charge in [-0.15, -0.1) is 0 Å². The van der Waals surface area contributed by atoms with Crippen molar-refractivity contribution in [1.29, 1.82) is 0 Å². The maximum atomic E-state index is 13.8. The highest BCUT2D eigenvalue weighted by atomic mass is 19.1. The van der Waals surface area contributed by atoms with E-state index in [1.807, 2.05) is 38.1 Å². The number of anilines is 3. The third kappa shape index (κ3) is 4.67. The Kier molecular flexibility index (Phi) is 5.94. The largest absolute Gasteiger partial charge is 0.372 e. The van der Waals surface area contributed by atoms with Crippen LogP contribution in [0.1, 0.15) is 31.1 Å². The van der Waals surface area contributed by atoms with Crippen LogP contribution in [0.5, 0.6) is 0 Å². The lowest BCUT2D eigenvalue weighted by Gasteiger charge is -2.37. The van der Waals surface area contributed by atoms with E-state index in [1.165, 1.54) is 19.1 Å². The van der Waals surface area contributed by atoms with Gasteiger partial charge in [0.25, 0.3) is 5.91 Å². The quantitative estimate of drug-likeness (QED) is 0.843. The first-order valence-corrected chi connectivity index (χ1v) is 9.21. The maximum absolute atomic E-state index is 13.8. The Hall–Kier alpha value is -2.93. The van der Waals surface area contributed by atoms with Crippen LogP contribution in [0.25, 0.3) is 0 Å². The molecule has 0 aromatic heterocycles. The normalized spacial score (nSPS) is 19.2. The number of halogens is 1. The number of morpholine rings is 1. The molecule has 0 saturated carbocycles. The van der Waals surface area contributed by atoms with E-state index in [0.29, 0.717) is 5.69 Å². The fraction of sp³-hybridized carbons (Fsp3) is 0.333. The van der Waals surface area contributed by atoms with Gasteiger partial charge in [0.1, 0.15) is 5.82 Å². The minimum absolute atomic E-state index is 0.0238. The number of para-hydroxylation sites is 2. The molecule has 2 amide bonds. The summed E-state index contributed by atoms with van der Waals surface area (Å²) in [4.78, 5) is 26.1. The van der Waals surface area contributed by atoms with Crippen LogP contribution in [0.4, 0.5) is 21.5 Å². The molecule has 1 fully saturated rings. The fourth-order valence-electron chi connectivity index (χ4n) is 3.38. The highest BCUT2D eigenvalue weighted by molar-refractivity contribution is 6.06. The van der Waals surface area contributed by atoms with Crippen LogP contribution in [0, 0.1) is 5.82 Å². The van der Waals surface area contributed by atoms with Gasteiger partial charge in [0.05, 0.1) is 29.3 Å². The van der Waals surface area contributed by atoms with Crippen LogP contribution in [0.15, 0.2) is 42.5 Å². The highest BCUT2D eigenvalue weighted by Gasteiger charge is 2.24. The number of amides is 2. The van der Waals surface area contributed by atoms with E-state index >= 15 is 0 Å². The Morgan fingerprint density at radius 3 is 2.39 bits per heavy atom. The van der Waals surface area contributed by atoms with Gasteiger partial charge in [-0.05, 0) is 44.2 Å². The minimum Gasteiger partial charge on any atom is -0.372 e. The average molecular weight is 385 g/mol. The second-order valence-electron chi connectivity index (χ2n) is 7.01. The Labute approximate surface area is 163 Å². The van der Waals surface area contributed by atoms with Gasteiger partial charge in [-0.1, -0.05) is 12.1 Å². The topological polar surface area (TPSA) is 70.7 Å². The summed E-state index contributed by atoms with van der Waals surface area (Å²) in [7, 11) is 0. The summed E-state index contributed by atoms with van der Waals surface area (Å²) in [5, 5.41) is 5.29. The summed E-state index contributed by atoms with van der Waals surface area (Å²) >= 11 is 0. The Morgan fingerprint density at radius 2 is 1.71 bits per heavy atom. The smallest absolute Gasteiger partial charge is 0.255 e. The second-order valence-corrected chi connectivity index (χ2v) is 7.01. The van der Waals surface area contributed by atoms with Gasteiger partial charge in [-0.25, -0.2) is 4.39 Å². The molecule has 7 heteroatoms. The first-order chi connectivity index (χ1) is 13.3. The fourth-order valence-corrected chi connectivity index (χ4v) is 3.38. The zero-order valence-corrected chi connectivity index (χ0v) is 16.2. The van der Waals surface area contributed by atoms with E-state index in [0.717, 1.165) is 24.8 Å². The number of nitrogens with zero attached hydrogens (tertiary/aromatic N) is 1. The van der Waals surface area contributed by atoms with Crippen LogP contribution in [0.3, 0.4) is 0 Å². The molecular formula is C21H24FN3O3. The molecule has 28 heavy (non-hydrogen) atoms. The Morgan fingerprint density at radius 1 is 1.04 bits per heavy atom. The monoisotopic (exact) mass is 385 g/mol. The number of carbonyl (C=O) groups is 2. The molecule has 148 valence electrons. The molecule has 2 aromatic rings. The molecule has 1 saturated heterocycles. The SMILES string of the molecule is CC(=O)Nc1cc(C(=O)Nc2ccccc2N2C[C@@H](C)O[C@H](C)C2)ccc1F. The van der Waals surface area contributed by atoms with Crippen molar-refractivity contribution < 1.29 is 18.7 Å². The number of hydrogen-bond acceptors (Lipinski definition) is 4. The zero-order valence-electron chi connectivity index (χ0n) is 16.2. The van der Waals surface area contributed by atoms with E-state index in [2.05, 4.69) is 15.5 Å². The van der Waals surface area contributed by atoms with Crippen molar-refractivity contribution in [3.63, 3.8) is 0 Å². The predicted molar refractivity (Wildman–Crippen MR) is 107 cm³/mol. The molecular weight excluding hydrogens is 361 g/mol. The third-order valence-electron chi connectivity index (χ3n) is 4.45. The van der Waals surface area contributed by atoms with E-state index < -0.39 is 11.7 Å². The second kappa shape index (κ2) is 8.39. The summed E-state index contributed by atoms with van der Waals surface area (Å²) in [5.74, 6) is -1.38. The summed E-state index contributed by atoms with van der Waals surface area (Å²) < 4.78 is 19.6. The summed E-state index contributed by atoms with van der Waals surface area (Å²) in [5.41, 5.74) is 1.80. The van der Waals surface area contributed by atoms with Gasteiger partial charge in [0, 0.05) is 25.6 Å². The van der Waals surface area contributed by atoms with E-state index in [1.54, 1.807) is 0 Å². The van der Waals surface area contributed by atoms with E-state index in [4.69, 9.17) is 4.74 Å². The maximum Gasteiger partial charge on any atom is 0.255 e. The summed E-state index contributed by atoms with van der Waals surface area (Å²) in [6.07, 6.45) is 0.176. The van der Waals surface area contributed by atoms with E-state index in [9.17, 15) is 14.0 Å². The van der Waals surface area contributed by atoms with Gasteiger partial charge in [-0.2, -0.15) is 0 Å². The Bertz CT molecular complexity index is 877. The van der Waals surface area contributed by atoms with Gasteiger partial charge in [0.15, 0.2) is 0 Å². The molecule has 0 aliphatic carbocycles. The molecule has 0 spiro atoms. The number of nitrogens with one attached hydrogen (secondary N) is 2. The van der Waals surface area contributed by atoms with Crippen molar-refractivity contribution in [3.05, 3.63) is 53.8 Å². The molecule has 0 radical (unpaired) electrons. The van der Waals surface area contributed by atoms with Crippen LogP contribution in [0.2, 0.25) is 0 Å². The molecule has 1 aliphatic rings. The van der Waals surface area contributed by atoms with Crippen molar-refractivity contribution in [2.24, 2.45) is 0 Å². The van der Waals surface area contributed by atoms with Crippen molar-refractivity contribution in [1.82, 2.24) is 0 Å². The molecule has 2 aromatic carbocycles. The van der Waals surface area contributed by atoms with Crippen LogP contribution >= 0.6 is 0 Å². The van der Waals surface area contributed by atoms with Crippen molar-refractivity contribution in [2.75, 3.05) is 28.6 Å². The third-order valence-corrected chi connectivity index (χ3v) is 4.45.